The first-order chi connectivity index (χ1) is 37.9. The molecule has 4 aliphatic carbocycles. The monoisotopic (exact) mass is 1130 g/mol. The number of hydrogen-bond acceptors (Lipinski definition) is 21. The number of carbonyl (C=O) groups is 6. The second-order valence-electron chi connectivity index (χ2n) is 21.7. The van der Waals surface area contributed by atoms with Gasteiger partial charge in [0, 0.05) is 81.4 Å². The number of carbonyl (C=O) groups excluding carboxylic acids is 6. The number of alkyl halides is 3. The van der Waals surface area contributed by atoms with Crippen LogP contribution in [0.15, 0.2) is 48.5 Å². The van der Waals surface area contributed by atoms with Crippen LogP contribution >= 0.6 is 0 Å². The fourth-order valence-electron chi connectivity index (χ4n) is 11.8. The highest BCUT2D eigenvalue weighted by Gasteiger charge is 2.52. The lowest BCUT2D eigenvalue weighted by Gasteiger charge is -2.45. The molecular formula is C56H61F3N4O18. The predicted molar refractivity (Wildman–Crippen MR) is 273 cm³/mol. The van der Waals surface area contributed by atoms with Crippen LogP contribution in [0.2, 0.25) is 0 Å². The number of fused-ring (bicyclic) bond motifs is 6. The fourth-order valence-corrected chi connectivity index (χ4v) is 11.8. The highest BCUT2D eigenvalue weighted by atomic mass is 19.4. The molecule has 4 aromatic carbocycles. The van der Waals surface area contributed by atoms with Crippen LogP contribution in [-0.4, -0.2) is 149 Å². The molecule has 2 heterocycles. The van der Waals surface area contributed by atoms with E-state index in [1.165, 1.54) is 57.2 Å². The van der Waals surface area contributed by atoms with Crippen LogP contribution < -0.4 is 22.5 Å². The van der Waals surface area contributed by atoms with Crippen molar-refractivity contribution in [2.45, 2.75) is 164 Å². The van der Waals surface area contributed by atoms with Crippen LogP contribution in [-0.2, 0) is 46.1 Å². The average molecular weight is 1140 g/mol. The number of nitrogens with one attached hydrogen (secondary N) is 1. The zero-order valence-electron chi connectivity index (χ0n) is 44.3. The maximum Gasteiger partial charge on any atom is 0.471 e. The minimum atomic E-state index is -5.25. The molecular weight excluding hydrogens is 1070 g/mol. The smallest absolute Gasteiger partial charge is 0.471 e. The molecule has 4 aromatic rings. The number of nitrogens with two attached hydrogens (primary N) is 3. The number of phenols is 4. The molecule has 81 heavy (non-hydrogen) atoms. The molecule has 2 saturated heterocycles. The zero-order chi connectivity index (χ0) is 59.3. The molecule has 0 radical (unpaired) electrons. The third kappa shape index (κ3) is 10.3. The predicted octanol–water partition coefficient (Wildman–Crippen LogP) is 2.85. The zero-order valence-corrected chi connectivity index (χ0v) is 44.3. The van der Waals surface area contributed by atoms with Gasteiger partial charge in [0.05, 0.1) is 71.0 Å². The number of aromatic hydroxyl groups is 4. The molecule has 2 aliphatic heterocycles. The molecule has 0 aromatic heterocycles. The summed E-state index contributed by atoms with van der Waals surface area (Å²) in [7, 11) is 0. The lowest BCUT2D eigenvalue weighted by Crippen LogP contribution is -2.59. The molecule has 434 valence electrons. The van der Waals surface area contributed by atoms with Gasteiger partial charge >= 0.3 is 18.1 Å². The van der Waals surface area contributed by atoms with Crippen molar-refractivity contribution < 1.29 is 101 Å². The molecule has 22 nitrogen and oxygen atoms in total. The lowest BCUT2D eigenvalue weighted by molar-refractivity contribution is -0.252. The van der Waals surface area contributed by atoms with Crippen molar-refractivity contribution in [3.05, 3.63) is 115 Å². The Labute approximate surface area is 459 Å². The Morgan fingerprint density at radius 3 is 1.40 bits per heavy atom. The number of ketones is 4. The highest BCUT2D eigenvalue weighted by molar-refractivity contribution is 6.31. The summed E-state index contributed by atoms with van der Waals surface area (Å²) in [6.07, 6.45) is -17.0. The van der Waals surface area contributed by atoms with Gasteiger partial charge in [-0.25, -0.2) is 0 Å². The van der Waals surface area contributed by atoms with Crippen molar-refractivity contribution in [2.24, 2.45) is 17.2 Å². The molecule has 2 unspecified atom stereocenters. The maximum atomic E-state index is 13.5. The van der Waals surface area contributed by atoms with Crippen molar-refractivity contribution in [1.82, 2.24) is 5.32 Å². The molecule has 6 aliphatic rings. The number of hydrogen-bond donors (Lipinski definition) is 11. The number of ether oxygens (including phenoxy) is 5. The van der Waals surface area contributed by atoms with Crippen molar-refractivity contribution >= 4 is 35.0 Å². The molecule has 14 atom stereocenters. The van der Waals surface area contributed by atoms with E-state index < -0.39 is 166 Å². The maximum absolute atomic E-state index is 13.5. The van der Waals surface area contributed by atoms with Crippen LogP contribution in [0, 0.1) is 0 Å². The minimum absolute atomic E-state index is 0.000667. The van der Waals surface area contributed by atoms with Crippen LogP contribution in [0.5, 0.6) is 23.0 Å². The Morgan fingerprint density at radius 2 is 1.04 bits per heavy atom. The van der Waals surface area contributed by atoms with Gasteiger partial charge in [-0.3, -0.25) is 28.8 Å². The summed E-state index contributed by atoms with van der Waals surface area (Å²) in [6.45, 7) is 6.96. The average Bonchev–Trinajstić information content (AvgIpc) is 1.77. The van der Waals surface area contributed by atoms with Gasteiger partial charge in [0.2, 0.25) is 0 Å². The number of phenolic OH excluding ortho intramolecular Hbond substituents is 4. The minimum Gasteiger partial charge on any atom is -0.507 e. The second-order valence-corrected chi connectivity index (χ2v) is 21.7. The molecule has 0 spiro atoms. The van der Waals surface area contributed by atoms with Gasteiger partial charge in [-0.05, 0) is 53.4 Å². The quantitative estimate of drug-likeness (QED) is 0.0771. The van der Waals surface area contributed by atoms with Crippen LogP contribution in [0.25, 0.3) is 0 Å². The van der Waals surface area contributed by atoms with E-state index in [2.05, 4.69) is 0 Å². The number of rotatable bonds is 8. The second kappa shape index (κ2) is 21.4. The summed E-state index contributed by atoms with van der Waals surface area (Å²) in [5.41, 5.74) is 15.1. The van der Waals surface area contributed by atoms with Gasteiger partial charge < -0.3 is 81.9 Å². The van der Waals surface area contributed by atoms with E-state index >= 15 is 0 Å². The van der Waals surface area contributed by atoms with Gasteiger partial charge in [0.25, 0.3) is 0 Å². The first-order valence-electron chi connectivity index (χ1n) is 26.0. The molecule has 14 N–H and O–H groups in total. The van der Waals surface area contributed by atoms with Crippen molar-refractivity contribution in [2.75, 3.05) is 0 Å². The number of halogens is 3. The summed E-state index contributed by atoms with van der Waals surface area (Å²) < 4.78 is 68.4. The molecule has 10 rings (SSSR count). The van der Waals surface area contributed by atoms with Gasteiger partial charge in [0.1, 0.15) is 29.1 Å². The van der Waals surface area contributed by atoms with E-state index in [-0.39, 0.29) is 87.7 Å². The van der Waals surface area contributed by atoms with E-state index in [0.29, 0.717) is 0 Å². The largest absolute Gasteiger partial charge is 0.507 e. The van der Waals surface area contributed by atoms with E-state index in [1.807, 2.05) is 5.32 Å². The third-order valence-corrected chi connectivity index (χ3v) is 16.3. The Kier molecular flexibility index (Phi) is 15.5. The number of amides is 1. The van der Waals surface area contributed by atoms with Crippen molar-refractivity contribution in [1.29, 1.82) is 0 Å². The standard InChI is InChI=1S/C30H31F3N2O10.C26H30N2O8/c1-11-27(44-13(3)37)17(35-28(42)30(31,32)33)8-19(43-11)45-18-10-29(34,12(2)36)9-16-20(18)26(41)22-21(25(16)40)23(38)14-6-4-5-7-15(14)24(22)39;1-10-21(30)15(27)7-17(35-10)36-16-9-26(28,11(2)29)8-14-18(16)25(34)20-19(24(14)33)22(31)12-5-3-4-6-13(12)23(20)32/h4-7,11-12,17-19,27,36,40-41H,8-10,34H2,1-3H3,(H,35,42);3-6,10-11,15-17,21,29-30,33-34H,7-9,27-28H2,1-2H3/t11-,12?,17-,18-,19-,27+,29-;10-,11?,15-,16-,17-,21+,26-/m00/s1. The third-order valence-electron chi connectivity index (χ3n) is 16.3. The summed E-state index contributed by atoms with van der Waals surface area (Å²) >= 11 is 0. The Hall–Kier alpha value is -6.91. The van der Waals surface area contributed by atoms with Gasteiger partial charge in [-0.15, -0.1) is 0 Å². The summed E-state index contributed by atoms with van der Waals surface area (Å²) in [5.74, 6) is -8.03. The van der Waals surface area contributed by atoms with Crippen LogP contribution in [0.4, 0.5) is 13.2 Å². The molecule has 1 amide bonds. The first kappa shape index (κ1) is 58.7. The summed E-state index contributed by atoms with van der Waals surface area (Å²) in [5, 5.41) is 78.7. The van der Waals surface area contributed by atoms with E-state index in [0.717, 1.165) is 6.92 Å². The highest BCUT2D eigenvalue weighted by Crippen LogP contribution is 2.54. The number of aliphatic hydroxyl groups is 3. The molecule has 0 bridgehead atoms. The van der Waals surface area contributed by atoms with Gasteiger partial charge in [0.15, 0.2) is 35.7 Å². The lowest BCUT2D eigenvalue weighted by atomic mass is 9.70. The Bertz CT molecular complexity index is 3270. The molecule has 2 fully saturated rings. The summed E-state index contributed by atoms with van der Waals surface area (Å²) in [4.78, 5) is 77.2. The SMILES string of the molecule is CC(=O)O[C@H]1[C@@H](NC(=O)C(F)(F)F)C[C@H](O[C@H]2C[C@](N)(C(C)O)Cc3c(O)c4c(c(O)c32)C(=O)c2ccccc2C4=O)O[C@H]1C.CC(O)[C@]1(N)Cc2c(O)c3c(c(O)c2[C@@H](O[C@H]2C[C@H](N)[C@H](O)[C@H](C)O2)C1)C(=O)c1ccccc1C3=O. The van der Waals surface area contributed by atoms with Crippen LogP contribution in [0.1, 0.15) is 158 Å². The van der Waals surface area contributed by atoms with E-state index in [4.69, 9.17) is 40.9 Å². The van der Waals surface area contributed by atoms with Gasteiger partial charge in [-0.2, -0.15) is 13.2 Å². The van der Waals surface area contributed by atoms with Crippen LogP contribution in [0.3, 0.4) is 0 Å². The van der Waals surface area contributed by atoms with E-state index in [9.17, 15) is 77.7 Å². The topological polar surface area (TPSA) is 380 Å². The number of benzene rings is 4. The number of esters is 1. The number of aliphatic hydroxyl groups excluding tert-OH is 3. The van der Waals surface area contributed by atoms with Crippen molar-refractivity contribution in [3.63, 3.8) is 0 Å². The first-order valence-corrected chi connectivity index (χ1v) is 26.0. The Morgan fingerprint density at radius 1 is 0.667 bits per heavy atom. The summed E-state index contributed by atoms with van der Waals surface area (Å²) in [6, 6.07) is 10.0. The fraction of sp³-hybridized carbons (Fsp3) is 0.464. The normalized spacial score (nSPS) is 30.2. The van der Waals surface area contributed by atoms with Gasteiger partial charge in [-0.1, -0.05) is 48.5 Å². The molecule has 0 saturated carbocycles. The van der Waals surface area contributed by atoms with E-state index in [1.54, 1.807) is 19.1 Å². The van der Waals surface area contributed by atoms with Crippen molar-refractivity contribution in [3.8, 4) is 23.0 Å². The Balaban J connectivity index is 0.000000200. The molecule has 25 heteroatoms.